The van der Waals surface area contributed by atoms with E-state index in [0.29, 0.717) is 5.69 Å². The fourth-order valence-electron chi connectivity index (χ4n) is 2.35. The molecule has 27 heavy (non-hydrogen) atoms. The molecule has 2 aromatic rings. The Hall–Kier alpha value is -2.68. The van der Waals surface area contributed by atoms with E-state index in [9.17, 15) is 22.0 Å². The zero-order chi connectivity index (χ0) is 20.2. The fraction of sp³-hybridized carbons (Fsp3) is 0.278. The first kappa shape index (κ1) is 20.6. The average molecular weight is 398 g/mol. The number of carbonyl (C=O) groups is 1. The number of hydrogen-bond donors (Lipinski definition) is 2. The molecular formula is C18H20F2N2O4S. The number of ether oxygens (including phenoxy) is 1. The number of anilines is 2. The van der Waals surface area contributed by atoms with Crippen molar-refractivity contribution < 1.29 is 26.7 Å². The predicted octanol–water partition coefficient (Wildman–Crippen LogP) is 3.96. The normalized spacial score (nSPS) is 11.7. The third kappa shape index (κ3) is 5.40. The van der Waals surface area contributed by atoms with Crippen LogP contribution in [0.25, 0.3) is 0 Å². The number of rotatable bonds is 7. The van der Waals surface area contributed by atoms with Crippen LogP contribution in [0.4, 0.5) is 20.2 Å². The molecule has 146 valence electrons. The number of carbonyl (C=O) groups excluding carboxylic acids is 1. The molecule has 0 bridgehead atoms. The molecule has 6 nitrogen and oxygen atoms in total. The van der Waals surface area contributed by atoms with Gasteiger partial charge < -0.3 is 10.1 Å². The summed E-state index contributed by atoms with van der Waals surface area (Å²) in [4.78, 5) is 11.0. The van der Waals surface area contributed by atoms with Crippen molar-refractivity contribution in [3.63, 3.8) is 0 Å². The van der Waals surface area contributed by atoms with Crippen LogP contribution in [0.1, 0.15) is 26.3 Å². The first-order valence-corrected chi connectivity index (χ1v) is 9.57. The van der Waals surface area contributed by atoms with Crippen molar-refractivity contribution in [3.05, 3.63) is 48.0 Å². The average Bonchev–Trinajstić information content (AvgIpc) is 2.53. The van der Waals surface area contributed by atoms with Crippen molar-refractivity contribution in [2.24, 2.45) is 0 Å². The first-order valence-electron chi connectivity index (χ1n) is 8.08. The highest BCUT2D eigenvalue weighted by atomic mass is 32.2. The highest BCUT2D eigenvalue weighted by molar-refractivity contribution is 7.92. The van der Waals surface area contributed by atoms with Gasteiger partial charge in [0.1, 0.15) is 10.6 Å². The van der Waals surface area contributed by atoms with Gasteiger partial charge in [0.25, 0.3) is 15.9 Å². The quantitative estimate of drug-likeness (QED) is 0.739. The van der Waals surface area contributed by atoms with Crippen LogP contribution in [-0.2, 0) is 20.7 Å². The third-order valence-corrected chi connectivity index (χ3v) is 4.90. The van der Waals surface area contributed by atoms with Crippen LogP contribution in [0.5, 0.6) is 5.75 Å². The number of sulfonamides is 1. The molecular weight excluding hydrogens is 378 g/mol. The highest BCUT2D eigenvalue weighted by Gasteiger charge is 2.26. The maximum atomic E-state index is 13.5. The maximum Gasteiger partial charge on any atom is 0.270 e. The topological polar surface area (TPSA) is 84.5 Å². The van der Waals surface area contributed by atoms with E-state index in [2.05, 4.69) is 10.0 Å². The van der Waals surface area contributed by atoms with Gasteiger partial charge in [-0.3, -0.25) is 9.52 Å². The molecule has 0 fully saturated rings. The number of alkyl halides is 2. The SMILES string of the molecule is CCOc1cc(NC(C)=O)ccc1S(=O)(=O)Nc1cccc(C(C)(F)F)c1. The van der Waals surface area contributed by atoms with Crippen LogP contribution in [0, 0.1) is 0 Å². The van der Waals surface area contributed by atoms with Crippen LogP contribution in [0.3, 0.4) is 0 Å². The van der Waals surface area contributed by atoms with Gasteiger partial charge in [-0.15, -0.1) is 0 Å². The predicted molar refractivity (Wildman–Crippen MR) is 98.7 cm³/mol. The fourth-order valence-corrected chi connectivity index (χ4v) is 3.52. The Bertz CT molecular complexity index is 941. The summed E-state index contributed by atoms with van der Waals surface area (Å²) < 4.78 is 60.0. The Kier molecular flexibility index (Phi) is 6.04. The molecule has 0 atom stereocenters. The van der Waals surface area contributed by atoms with Crippen LogP contribution >= 0.6 is 0 Å². The van der Waals surface area contributed by atoms with Crippen molar-refractivity contribution in [2.45, 2.75) is 31.6 Å². The lowest BCUT2D eigenvalue weighted by Crippen LogP contribution is -2.16. The summed E-state index contributed by atoms with van der Waals surface area (Å²) in [7, 11) is -4.11. The summed E-state index contributed by atoms with van der Waals surface area (Å²) in [5.41, 5.74) is 0.0636. The molecule has 2 N–H and O–H groups in total. The number of amides is 1. The van der Waals surface area contributed by atoms with Crippen molar-refractivity contribution >= 4 is 27.3 Å². The van der Waals surface area contributed by atoms with Crippen LogP contribution in [0.2, 0.25) is 0 Å². The molecule has 1 amide bonds. The molecule has 0 heterocycles. The van der Waals surface area contributed by atoms with Gasteiger partial charge in [0.15, 0.2) is 0 Å². The molecule has 0 aliphatic carbocycles. The first-order chi connectivity index (χ1) is 12.5. The van der Waals surface area contributed by atoms with E-state index in [4.69, 9.17) is 4.74 Å². The summed E-state index contributed by atoms with van der Waals surface area (Å²) in [5, 5.41) is 2.54. The van der Waals surface area contributed by atoms with E-state index >= 15 is 0 Å². The number of nitrogens with one attached hydrogen (secondary N) is 2. The summed E-state index contributed by atoms with van der Waals surface area (Å²) in [5.74, 6) is -3.38. The summed E-state index contributed by atoms with van der Waals surface area (Å²) in [6.07, 6.45) is 0. The zero-order valence-electron chi connectivity index (χ0n) is 15.0. The van der Waals surface area contributed by atoms with Gasteiger partial charge in [0, 0.05) is 36.9 Å². The smallest absolute Gasteiger partial charge is 0.270 e. The van der Waals surface area contributed by atoms with Crippen molar-refractivity contribution in [2.75, 3.05) is 16.6 Å². The van der Waals surface area contributed by atoms with Gasteiger partial charge in [-0.1, -0.05) is 12.1 Å². The number of hydrogen-bond acceptors (Lipinski definition) is 4. The lowest BCUT2D eigenvalue weighted by atomic mass is 10.1. The molecule has 2 rings (SSSR count). The summed E-state index contributed by atoms with van der Waals surface area (Å²) in [6, 6.07) is 9.07. The van der Waals surface area contributed by atoms with Gasteiger partial charge in [0.2, 0.25) is 5.91 Å². The molecule has 9 heteroatoms. The lowest BCUT2D eigenvalue weighted by Gasteiger charge is -2.16. The molecule has 2 aromatic carbocycles. The zero-order valence-corrected chi connectivity index (χ0v) is 15.9. The number of halogens is 2. The van der Waals surface area contributed by atoms with Gasteiger partial charge in [-0.2, -0.15) is 0 Å². The minimum atomic E-state index is -4.11. The van der Waals surface area contributed by atoms with Gasteiger partial charge in [0.05, 0.1) is 6.61 Å². The largest absolute Gasteiger partial charge is 0.492 e. The molecule has 0 unspecified atom stereocenters. The van der Waals surface area contributed by atoms with Gasteiger partial charge in [-0.25, -0.2) is 17.2 Å². The van der Waals surface area contributed by atoms with E-state index in [0.717, 1.165) is 13.0 Å². The monoisotopic (exact) mass is 398 g/mol. The molecule has 0 radical (unpaired) electrons. The second-order valence-electron chi connectivity index (χ2n) is 5.85. The molecule has 0 aliphatic heterocycles. The Labute approximate surface area is 156 Å². The molecule has 0 aliphatic rings. The van der Waals surface area contributed by atoms with Crippen molar-refractivity contribution in [3.8, 4) is 5.75 Å². The Morgan fingerprint density at radius 2 is 1.85 bits per heavy atom. The van der Waals surface area contributed by atoms with E-state index < -0.39 is 15.9 Å². The van der Waals surface area contributed by atoms with E-state index in [1.165, 1.54) is 43.3 Å². The number of benzene rings is 2. The lowest BCUT2D eigenvalue weighted by molar-refractivity contribution is -0.114. The maximum absolute atomic E-state index is 13.5. The Morgan fingerprint density at radius 1 is 1.15 bits per heavy atom. The standard InChI is InChI=1S/C18H20F2N2O4S/c1-4-26-16-11-14(21-12(2)23)8-9-17(16)27(24,25)22-15-7-5-6-13(10-15)18(3,19)20/h5-11,22H,4H2,1-3H3,(H,21,23). The van der Waals surface area contributed by atoms with E-state index in [1.54, 1.807) is 6.92 Å². The molecule has 0 saturated heterocycles. The van der Waals surface area contributed by atoms with E-state index in [1.807, 2.05) is 0 Å². The van der Waals surface area contributed by atoms with Crippen molar-refractivity contribution in [1.29, 1.82) is 0 Å². The molecule has 0 aromatic heterocycles. The highest BCUT2D eigenvalue weighted by Crippen LogP contribution is 2.32. The molecule has 0 saturated carbocycles. The van der Waals surface area contributed by atoms with Crippen LogP contribution < -0.4 is 14.8 Å². The Balaban J connectivity index is 2.40. The Morgan fingerprint density at radius 3 is 2.44 bits per heavy atom. The van der Waals surface area contributed by atoms with Crippen molar-refractivity contribution in [1.82, 2.24) is 0 Å². The second-order valence-corrected chi connectivity index (χ2v) is 7.50. The van der Waals surface area contributed by atoms with Gasteiger partial charge in [-0.05, 0) is 31.2 Å². The summed E-state index contributed by atoms with van der Waals surface area (Å²) >= 11 is 0. The minimum absolute atomic E-state index is 0.00223. The molecule has 0 spiro atoms. The van der Waals surface area contributed by atoms with Crippen LogP contribution in [0.15, 0.2) is 47.4 Å². The minimum Gasteiger partial charge on any atom is -0.492 e. The summed E-state index contributed by atoms with van der Waals surface area (Å²) in [6.45, 7) is 3.93. The van der Waals surface area contributed by atoms with Gasteiger partial charge >= 0.3 is 0 Å². The second kappa shape index (κ2) is 7.91. The third-order valence-electron chi connectivity index (χ3n) is 3.48. The van der Waals surface area contributed by atoms with E-state index in [-0.39, 0.29) is 34.4 Å². The van der Waals surface area contributed by atoms with Crippen LogP contribution in [-0.4, -0.2) is 20.9 Å².